The predicted octanol–water partition coefficient (Wildman–Crippen LogP) is 3.28. The number of benzene rings is 1. The molecule has 0 saturated heterocycles. The van der Waals surface area contributed by atoms with Crippen molar-refractivity contribution in [1.29, 1.82) is 0 Å². The second-order valence-corrected chi connectivity index (χ2v) is 5.84. The number of anilines is 1. The Morgan fingerprint density at radius 3 is 2.50 bits per heavy atom. The van der Waals surface area contributed by atoms with Crippen LogP contribution < -0.4 is 5.32 Å². The van der Waals surface area contributed by atoms with Gasteiger partial charge in [0.1, 0.15) is 0 Å². The van der Waals surface area contributed by atoms with Gasteiger partial charge in [0.05, 0.1) is 5.41 Å². The molecule has 0 aromatic heterocycles. The molecular formula is C16H21NO3. The van der Waals surface area contributed by atoms with Gasteiger partial charge in [-0.15, -0.1) is 0 Å². The number of carboxylic acid groups (broad SMARTS) is 1. The van der Waals surface area contributed by atoms with Crippen LogP contribution in [0.25, 0.3) is 0 Å². The molecule has 1 aliphatic carbocycles. The van der Waals surface area contributed by atoms with Crippen molar-refractivity contribution in [3.8, 4) is 0 Å². The van der Waals surface area contributed by atoms with Gasteiger partial charge in [0.25, 0.3) is 0 Å². The zero-order chi connectivity index (χ0) is 14.8. The van der Waals surface area contributed by atoms with Crippen molar-refractivity contribution in [2.75, 3.05) is 5.32 Å². The van der Waals surface area contributed by atoms with Gasteiger partial charge in [-0.25, -0.2) is 0 Å². The van der Waals surface area contributed by atoms with E-state index in [2.05, 4.69) is 5.32 Å². The van der Waals surface area contributed by atoms with E-state index in [0.717, 1.165) is 29.7 Å². The molecule has 0 spiro atoms. The molecule has 1 aromatic carbocycles. The lowest BCUT2D eigenvalue weighted by Crippen LogP contribution is -2.32. The molecule has 2 rings (SSSR count). The van der Waals surface area contributed by atoms with Gasteiger partial charge in [-0.2, -0.15) is 0 Å². The van der Waals surface area contributed by atoms with Gasteiger partial charge in [-0.1, -0.05) is 25.0 Å². The Labute approximate surface area is 119 Å². The Bertz CT molecular complexity index is 531. The van der Waals surface area contributed by atoms with Crippen LogP contribution in [0.3, 0.4) is 0 Å². The maximum atomic E-state index is 12.2. The van der Waals surface area contributed by atoms with Crippen molar-refractivity contribution in [1.82, 2.24) is 0 Å². The fourth-order valence-corrected chi connectivity index (χ4v) is 2.89. The van der Waals surface area contributed by atoms with Gasteiger partial charge in [-0.05, 0) is 43.9 Å². The van der Waals surface area contributed by atoms with Crippen LogP contribution in [0.1, 0.15) is 43.2 Å². The highest BCUT2D eigenvalue weighted by atomic mass is 16.4. The van der Waals surface area contributed by atoms with Crippen LogP contribution in [-0.2, 0) is 9.59 Å². The standard InChI is InChI=1S/C16H21NO3/c1-11-5-6-12(2)13(9-11)17-14(18)10-16(15(19)20)7-3-4-8-16/h5-6,9H,3-4,7-8,10H2,1-2H3,(H,17,18)(H,19,20). The minimum atomic E-state index is -0.859. The number of carbonyl (C=O) groups excluding carboxylic acids is 1. The van der Waals surface area contributed by atoms with Crippen molar-refractivity contribution in [3.63, 3.8) is 0 Å². The lowest BCUT2D eigenvalue weighted by Gasteiger charge is -2.23. The maximum Gasteiger partial charge on any atom is 0.310 e. The number of rotatable bonds is 4. The van der Waals surface area contributed by atoms with Crippen LogP contribution in [0.2, 0.25) is 0 Å². The first-order valence-electron chi connectivity index (χ1n) is 7.03. The third-order valence-corrected chi connectivity index (χ3v) is 4.18. The smallest absolute Gasteiger partial charge is 0.310 e. The molecule has 0 aliphatic heterocycles. The summed E-state index contributed by atoms with van der Waals surface area (Å²) < 4.78 is 0. The zero-order valence-corrected chi connectivity index (χ0v) is 12.0. The molecule has 0 atom stereocenters. The lowest BCUT2D eigenvalue weighted by atomic mass is 9.82. The molecule has 1 fully saturated rings. The van der Waals surface area contributed by atoms with Gasteiger partial charge in [0.2, 0.25) is 5.91 Å². The highest BCUT2D eigenvalue weighted by Crippen LogP contribution is 2.41. The first-order valence-corrected chi connectivity index (χ1v) is 7.03. The third-order valence-electron chi connectivity index (χ3n) is 4.18. The molecule has 1 aliphatic rings. The third kappa shape index (κ3) is 3.00. The number of carboxylic acids is 1. The molecular weight excluding hydrogens is 254 g/mol. The van der Waals surface area contributed by atoms with E-state index in [-0.39, 0.29) is 12.3 Å². The summed E-state index contributed by atoms with van der Waals surface area (Å²) >= 11 is 0. The van der Waals surface area contributed by atoms with Crippen LogP contribution >= 0.6 is 0 Å². The number of aliphatic carboxylic acids is 1. The average Bonchev–Trinajstić information content (AvgIpc) is 2.83. The Morgan fingerprint density at radius 1 is 1.25 bits per heavy atom. The van der Waals surface area contributed by atoms with E-state index in [1.807, 2.05) is 32.0 Å². The van der Waals surface area contributed by atoms with Crippen molar-refractivity contribution in [2.45, 2.75) is 46.0 Å². The highest BCUT2D eigenvalue weighted by molar-refractivity contribution is 5.95. The molecule has 0 unspecified atom stereocenters. The second-order valence-electron chi connectivity index (χ2n) is 5.84. The van der Waals surface area contributed by atoms with E-state index in [4.69, 9.17) is 0 Å². The molecule has 20 heavy (non-hydrogen) atoms. The summed E-state index contributed by atoms with van der Waals surface area (Å²) in [5.41, 5.74) is 1.97. The number of nitrogens with one attached hydrogen (secondary N) is 1. The van der Waals surface area contributed by atoms with E-state index < -0.39 is 11.4 Å². The van der Waals surface area contributed by atoms with Gasteiger partial charge in [-0.3, -0.25) is 9.59 Å². The van der Waals surface area contributed by atoms with Gasteiger partial charge in [0, 0.05) is 12.1 Å². The molecule has 4 nitrogen and oxygen atoms in total. The molecule has 1 amide bonds. The quantitative estimate of drug-likeness (QED) is 0.886. The van der Waals surface area contributed by atoms with Gasteiger partial charge < -0.3 is 10.4 Å². The molecule has 0 heterocycles. The summed E-state index contributed by atoms with van der Waals surface area (Å²) in [7, 11) is 0. The second kappa shape index (κ2) is 5.65. The van der Waals surface area contributed by atoms with E-state index in [1.54, 1.807) is 0 Å². The predicted molar refractivity (Wildman–Crippen MR) is 77.7 cm³/mol. The van der Waals surface area contributed by atoms with Gasteiger partial charge >= 0.3 is 5.97 Å². The summed E-state index contributed by atoms with van der Waals surface area (Å²) in [4.78, 5) is 23.6. The summed E-state index contributed by atoms with van der Waals surface area (Å²) in [6.07, 6.45) is 3.05. The molecule has 2 N–H and O–H groups in total. The Balaban J connectivity index is 2.08. The fourth-order valence-electron chi connectivity index (χ4n) is 2.89. The summed E-state index contributed by atoms with van der Waals surface area (Å²) in [5.74, 6) is -1.05. The molecule has 1 aromatic rings. The molecule has 0 radical (unpaired) electrons. The first-order chi connectivity index (χ1) is 9.43. The minimum absolute atomic E-state index is 0.0652. The monoisotopic (exact) mass is 275 g/mol. The zero-order valence-electron chi connectivity index (χ0n) is 12.0. The van der Waals surface area contributed by atoms with E-state index in [0.29, 0.717) is 12.8 Å². The van der Waals surface area contributed by atoms with Crippen LogP contribution in [0.4, 0.5) is 5.69 Å². The van der Waals surface area contributed by atoms with Crippen LogP contribution in [0.15, 0.2) is 18.2 Å². The van der Waals surface area contributed by atoms with Crippen molar-refractivity contribution in [3.05, 3.63) is 29.3 Å². The topological polar surface area (TPSA) is 66.4 Å². The molecule has 108 valence electrons. The molecule has 1 saturated carbocycles. The van der Waals surface area contributed by atoms with Crippen LogP contribution in [0.5, 0.6) is 0 Å². The van der Waals surface area contributed by atoms with Crippen LogP contribution in [0, 0.1) is 19.3 Å². The first kappa shape index (κ1) is 14.6. The summed E-state index contributed by atoms with van der Waals surface area (Å²) in [5, 5.41) is 12.3. The number of amides is 1. The largest absolute Gasteiger partial charge is 0.481 e. The maximum absolute atomic E-state index is 12.2. The number of carbonyl (C=O) groups is 2. The van der Waals surface area contributed by atoms with Crippen molar-refractivity contribution >= 4 is 17.6 Å². The minimum Gasteiger partial charge on any atom is -0.481 e. The number of hydrogen-bond donors (Lipinski definition) is 2. The van der Waals surface area contributed by atoms with Crippen molar-refractivity contribution in [2.24, 2.45) is 5.41 Å². The summed E-state index contributed by atoms with van der Waals surface area (Å²) in [6.45, 7) is 3.89. The van der Waals surface area contributed by atoms with E-state index >= 15 is 0 Å². The van der Waals surface area contributed by atoms with Crippen LogP contribution in [-0.4, -0.2) is 17.0 Å². The average molecular weight is 275 g/mol. The normalized spacial score (nSPS) is 16.9. The van der Waals surface area contributed by atoms with E-state index in [1.165, 1.54) is 0 Å². The molecule has 4 heteroatoms. The van der Waals surface area contributed by atoms with E-state index in [9.17, 15) is 14.7 Å². The fraction of sp³-hybridized carbons (Fsp3) is 0.500. The molecule has 0 bridgehead atoms. The SMILES string of the molecule is Cc1ccc(C)c(NC(=O)CC2(C(=O)O)CCCC2)c1. The van der Waals surface area contributed by atoms with Gasteiger partial charge in [0.15, 0.2) is 0 Å². The number of hydrogen-bond acceptors (Lipinski definition) is 2. The Hall–Kier alpha value is -1.84. The van der Waals surface area contributed by atoms with Crippen molar-refractivity contribution < 1.29 is 14.7 Å². The number of aryl methyl sites for hydroxylation is 2. The Kier molecular flexibility index (Phi) is 4.12. The highest BCUT2D eigenvalue weighted by Gasteiger charge is 2.42. The summed E-state index contributed by atoms with van der Waals surface area (Å²) in [6, 6.07) is 5.85. The lowest BCUT2D eigenvalue weighted by molar-refractivity contribution is -0.150. The Morgan fingerprint density at radius 2 is 1.90 bits per heavy atom.